The highest BCUT2D eigenvalue weighted by Gasteiger charge is 2.24. The van der Waals surface area contributed by atoms with Crippen molar-refractivity contribution in [2.75, 3.05) is 0 Å². The highest BCUT2D eigenvalue weighted by molar-refractivity contribution is 6.93. The molecule has 1 aliphatic rings. The van der Waals surface area contributed by atoms with Crippen LogP contribution in [0.15, 0.2) is 35.6 Å². The minimum Gasteiger partial charge on any atom is -0.388 e. The van der Waals surface area contributed by atoms with Gasteiger partial charge in [0.25, 0.3) is 5.69 Å². The van der Waals surface area contributed by atoms with Crippen LogP contribution in [0.2, 0.25) is 19.6 Å². The van der Waals surface area contributed by atoms with Crippen LogP contribution in [0.4, 0.5) is 5.69 Å². The molecule has 0 unspecified atom stereocenters. The molecule has 0 heterocycles. The van der Waals surface area contributed by atoms with Gasteiger partial charge in [-0.3, -0.25) is 10.1 Å². The Hall–Kier alpha value is -1.68. The van der Waals surface area contributed by atoms with E-state index in [4.69, 9.17) is 0 Å². The number of nitro groups is 1. The quantitative estimate of drug-likeness (QED) is 0.287. The van der Waals surface area contributed by atoms with Crippen LogP contribution in [0.1, 0.15) is 37.7 Å². The van der Waals surface area contributed by atoms with Gasteiger partial charge in [0.15, 0.2) is 0 Å². The zero-order valence-electron chi connectivity index (χ0n) is 14.1. The Morgan fingerprint density at radius 1 is 1.30 bits per heavy atom. The SMILES string of the molecule is C[Si](C)(C)C(=C=C1CCCCC[C@H]1O)c1cccc([N+](=O)[O-])c1. The fourth-order valence-corrected chi connectivity index (χ4v) is 4.50. The Morgan fingerprint density at radius 2 is 2.04 bits per heavy atom. The number of aliphatic hydroxyl groups is 1. The number of non-ortho nitro benzene ring substituents is 1. The van der Waals surface area contributed by atoms with E-state index in [9.17, 15) is 15.2 Å². The first-order chi connectivity index (χ1) is 10.8. The second-order valence-electron chi connectivity index (χ2n) is 7.20. The van der Waals surface area contributed by atoms with Gasteiger partial charge in [0, 0.05) is 12.1 Å². The van der Waals surface area contributed by atoms with Gasteiger partial charge in [-0.15, -0.1) is 5.73 Å². The van der Waals surface area contributed by atoms with Crippen LogP contribution >= 0.6 is 0 Å². The third kappa shape index (κ3) is 4.64. The topological polar surface area (TPSA) is 63.4 Å². The fourth-order valence-electron chi connectivity index (χ4n) is 2.94. The molecule has 4 nitrogen and oxygen atoms in total. The van der Waals surface area contributed by atoms with E-state index in [1.54, 1.807) is 12.1 Å². The summed E-state index contributed by atoms with van der Waals surface area (Å²) in [4.78, 5) is 10.7. The summed E-state index contributed by atoms with van der Waals surface area (Å²) in [5.74, 6) is 0. The molecule has 0 aromatic heterocycles. The van der Waals surface area contributed by atoms with Gasteiger partial charge in [-0.25, -0.2) is 0 Å². The standard InChI is InChI=1S/C18H25NO3Si/c1-23(2,3)18(13-14-8-5-4-6-11-17(14)20)15-9-7-10-16(12-15)19(21)22/h7,9-10,12,17,20H,4-6,8,11H2,1-3H3/t13?,17-/m1/s1. The molecule has 2 rings (SSSR count). The largest absolute Gasteiger partial charge is 0.388 e. The van der Waals surface area contributed by atoms with Crippen molar-refractivity contribution in [2.24, 2.45) is 0 Å². The fraction of sp³-hybridized carbons (Fsp3) is 0.500. The first-order valence-electron chi connectivity index (χ1n) is 8.22. The maximum Gasteiger partial charge on any atom is 0.270 e. The number of nitro benzene ring substituents is 1. The van der Waals surface area contributed by atoms with E-state index >= 15 is 0 Å². The average molecular weight is 331 g/mol. The van der Waals surface area contributed by atoms with Crippen LogP contribution in [-0.2, 0) is 0 Å². The molecule has 124 valence electrons. The predicted octanol–water partition coefficient (Wildman–Crippen LogP) is 4.71. The molecule has 0 amide bonds. The molecule has 0 aliphatic heterocycles. The molecule has 1 fully saturated rings. The normalized spacial score (nSPS) is 19.0. The summed E-state index contributed by atoms with van der Waals surface area (Å²) in [5.41, 5.74) is 5.42. The lowest BCUT2D eigenvalue weighted by molar-refractivity contribution is -0.384. The van der Waals surface area contributed by atoms with E-state index in [1.165, 1.54) is 6.07 Å². The zero-order valence-corrected chi connectivity index (χ0v) is 15.1. The number of nitrogens with zero attached hydrogens (tertiary/aromatic N) is 1. The van der Waals surface area contributed by atoms with Crippen molar-refractivity contribution in [1.29, 1.82) is 0 Å². The summed E-state index contributed by atoms with van der Waals surface area (Å²) >= 11 is 0. The maximum atomic E-state index is 11.1. The molecular formula is C18H25NO3Si. The second kappa shape index (κ2) is 7.26. The highest BCUT2D eigenvalue weighted by atomic mass is 28.3. The molecule has 1 N–H and O–H groups in total. The van der Waals surface area contributed by atoms with Crippen molar-refractivity contribution in [3.8, 4) is 0 Å². The molecule has 0 spiro atoms. The highest BCUT2D eigenvalue weighted by Crippen LogP contribution is 2.30. The van der Waals surface area contributed by atoms with Crippen LogP contribution in [0.5, 0.6) is 0 Å². The summed E-state index contributed by atoms with van der Waals surface area (Å²) in [6, 6.07) is 6.78. The molecule has 1 aromatic carbocycles. The Bertz CT molecular complexity index is 654. The lowest BCUT2D eigenvalue weighted by atomic mass is 10.1. The van der Waals surface area contributed by atoms with Gasteiger partial charge in [0.1, 0.15) is 0 Å². The third-order valence-electron chi connectivity index (χ3n) is 4.21. The predicted molar refractivity (Wildman–Crippen MR) is 96.0 cm³/mol. The number of hydrogen-bond donors (Lipinski definition) is 1. The Kier molecular flexibility index (Phi) is 5.58. The van der Waals surface area contributed by atoms with Gasteiger partial charge < -0.3 is 5.11 Å². The summed E-state index contributed by atoms with van der Waals surface area (Å²) in [7, 11) is -1.76. The van der Waals surface area contributed by atoms with Crippen LogP contribution in [0.25, 0.3) is 5.20 Å². The number of hydrogen-bond acceptors (Lipinski definition) is 3. The average Bonchev–Trinajstić information content (AvgIpc) is 2.68. The van der Waals surface area contributed by atoms with Crippen LogP contribution in [0, 0.1) is 10.1 Å². The van der Waals surface area contributed by atoms with E-state index < -0.39 is 14.2 Å². The van der Waals surface area contributed by atoms with Gasteiger partial charge in [0.2, 0.25) is 0 Å². The molecule has 1 atom stereocenters. The smallest absolute Gasteiger partial charge is 0.270 e. The monoisotopic (exact) mass is 331 g/mol. The molecule has 0 radical (unpaired) electrons. The van der Waals surface area contributed by atoms with Gasteiger partial charge in [-0.05, 0) is 35.6 Å². The Labute approximate surface area is 138 Å². The van der Waals surface area contributed by atoms with Crippen LogP contribution in [-0.4, -0.2) is 24.2 Å². The van der Waals surface area contributed by atoms with Crippen molar-refractivity contribution >= 4 is 19.0 Å². The molecule has 23 heavy (non-hydrogen) atoms. The molecule has 0 saturated heterocycles. The van der Waals surface area contributed by atoms with Gasteiger partial charge in [-0.2, -0.15) is 0 Å². The van der Waals surface area contributed by atoms with Crippen molar-refractivity contribution < 1.29 is 10.0 Å². The van der Waals surface area contributed by atoms with Crippen molar-refractivity contribution in [2.45, 2.75) is 57.8 Å². The molecule has 5 heteroatoms. The van der Waals surface area contributed by atoms with E-state index in [0.29, 0.717) is 0 Å². The van der Waals surface area contributed by atoms with Crippen molar-refractivity contribution in [3.05, 3.63) is 51.2 Å². The molecule has 1 saturated carbocycles. The van der Waals surface area contributed by atoms with Gasteiger partial charge in [-0.1, -0.05) is 44.6 Å². The molecule has 1 aliphatic carbocycles. The lowest BCUT2D eigenvalue weighted by Crippen LogP contribution is -2.23. The van der Waals surface area contributed by atoms with Gasteiger partial charge >= 0.3 is 0 Å². The van der Waals surface area contributed by atoms with E-state index in [-0.39, 0.29) is 10.6 Å². The first kappa shape index (κ1) is 17.7. The number of aliphatic hydroxyl groups excluding tert-OH is 1. The van der Waals surface area contributed by atoms with Crippen molar-refractivity contribution in [3.63, 3.8) is 0 Å². The zero-order chi connectivity index (χ0) is 17.0. The number of rotatable bonds is 3. The minimum atomic E-state index is -1.76. The van der Waals surface area contributed by atoms with Crippen molar-refractivity contribution in [1.82, 2.24) is 0 Å². The van der Waals surface area contributed by atoms with Crippen LogP contribution in [0.3, 0.4) is 0 Å². The van der Waals surface area contributed by atoms with E-state index in [2.05, 4.69) is 25.4 Å². The maximum absolute atomic E-state index is 11.1. The molecule has 1 aromatic rings. The van der Waals surface area contributed by atoms with E-state index in [1.807, 2.05) is 6.07 Å². The Balaban J connectivity index is 2.60. The third-order valence-corrected chi connectivity index (χ3v) is 6.12. The summed E-state index contributed by atoms with van der Waals surface area (Å²) in [6.45, 7) is 6.62. The summed E-state index contributed by atoms with van der Waals surface area (Å²) in [6.07, 6.45) is 4.49. The summed E-state index contributed by atoms with van der Waals surface area (Å²) in [5, 5.41) is 22.5. The summed E-state index contributed by atoms with van der Waals surface area (Å²) < 4.78 is 0. The molecule has 0 bridgehead atoms. The molecular weight excluding hydrogens is 306 g/mol. The van der Waals surface area contributed by atoms with E-state index in [0.717, 1.165) is 48.4 Å². The lowest BCUT2D eigenvalue weighted by Gasteiger charge is -2.20. The number of benzene rings is 1. The van der Waals surface area contributed by atoms with Gasteiger partial charge in [0.05, 0.1) is 19.1 Å². The first-order valence-corrected chi connectivity index (χ1v) is 11.7. The van der Waals surface area contributed by atoms with Crippen LogP contribution < -0.4 is 0 Å². The second-order valence-corrected chi connectivity index (χ2v) is 12.2. The minimum absolute atomic E-state index is 0.103. The Morgan fingerprint density at radius 3 is 2.70 bits per heavy atom.